The van der Waals surface area contributed by atoms with Crippen LogP contribution in [0.25, 0.3) is 11.3 Å². The lowest BCUT2D eigenvalue weighted by Crippen LogP contribution is -2.42. The minimum Gasteiger partial charge on any atom is -0.379 e. The zero-order valence-electron chi connectivity index (χ0n) is 13.0. The van der Waals surface area contributed by atoms with Gasteiger partial charge in [-0.3, -0.25) is 9.69 Å². The van der Waals surface area contributed by atoms with Crippen LogP contribution in [0.3, 0.4) is 0 Å². The van der Waals surface area contributed by atoms with Gasteiger partial charge in [-0.05, 0) is 6.42 Å². The first-order valence-electron chi connectivity index (χ1n) is 8.21. The normalized spacial score (nSPS) is 22.1. The third-order valence-corrected chi connectivity index (χ3v) is 4.73. The maximum atomic E-state index is 13.0. The second-order valence-electron chi connectivity index (χ2n) is 6.21. The topological polar surface area (TPSA) is 55.6 Å². The summed E-state index contributed by atoms with van der Waals surface area (Å²) in [6, 6.07) is 9.80. The number of aromatic nitrogens is 1. The van der Waals surface area contributed by atoms with E-state index < -0.39 is 0 Å². The number of carbonyl (C=O) groups excluding carboxylic acids is 1. The SMILES string of the molecule is O=C1c2c(-c3ccccc3)noc2CCC1CN1CCOCC1. The summed E-state index contributed by atoms with van der Waals surface area (Å²) in [5.41, 5.74) is 2.33. The second-order valence-corrected chi connectivity index (χ2v) is 6.21. The van der Waals surface area contributed by atoms with Gasteiger partial charge in [-0.15, -0.1) is 0 Å². The number of nitrogens with zero attached hydrogens (tertiary/aromatic N) is 2. The van der Waals surface area contributed by atoms with E-state index in [0.717, 1.165) is 57.0 Å². The van der Waals surface area contributed by atoms with Crippen molar-refractivity contribution in [1.82, 2.24) is 10.1 Å². The van der Waals surface area contributed by atoms with Crippen LogP contribution in [0, 0.1) is 5.92 Å². The first-order valence-corrected chi connectivity index (χ1v) is 8.21. The summed E-state index contributed by atoms with van der Waals surface area (Å²) in [5.74, 6) is 0.951. The highest BCUT2D eigenvalue weighted by molar-refractivity contribution is 6.04. The van der Waals surface area contributed by atoms with Crippen molar-refractivity contribution in [2.24, 2.45) is 5.92 Å². The van der Waals surface area contributed by atoms with Crippen molar-refractivity contribution in [3.05, 3.63) is 41.7 Å². The quantitative estimate of drug-likeness (QED) is 0.871. The maximum absolute atomic E-state index is 13.0. The molecule has 1 atom stereocenters. The molecule has 1 aliphatic heterocycles. The Labute approximate surface area is 135 Å². The molecule has 1 aliphatic carbocycles. The van der Waals surface area contributed by atoms with Crippen molar-refractivity contribution in [1.29, 1.82) is 0 Å². The number of carbonyl (C=O) groups is 1. The van der Waals surface area contributed by atoms with Crippen LogP contribution in [0.1, 0.15) is 22.5 Å². The van der Waals surface area contributed by atoms with Crippen molar-refractivity contribution < 1.29 is 14.1 Å². The molecule has 0 N–H and O–H groups in total. The maximum Gasteiger partial charge on any atom is 0.173 e. The summed E-state index contributed by atoms with van der Waals surface area (Å²) in [5, 5.41) is 4.17. The van der Waals surface area contributed by atoms with Gasteiger partial charge in [-0.2, -0.15) is 0 Å². The molecule has 0 amide bonds. The van der Waals surface area contributed by atoms with E-state index in [4.69, 9.17) is 9.26 Å². The van der Waals surface area contributed by atoms with Crippen molar-refractivity contribution in [2.75, 3.05) is 32.8 Å². The van der Waals surface area contributed by atoms with E-state index in [2.05, 4.69) is 10.1 Å². The molecule has 5 nitrogen and oxygen atoms in total. The predicted molar refractivity (Wildman–Crippen MR) is 85.3 cm³/mol. The number of rotatable bonds is 3. The zero-order chi connectivity index (χ0) is 15.6. The summed E-state index contributed by atoms with van der Waals surface area (Å²) in [4.78, 5) is 15.3. The average molecular weight is 312 g/mol. The predicted octanol–water partition coefficient (Wildman–Crippen LogP) is 2.42. The largest absolute Gasteiger partial charge is 0.379 e. The first-order chi connectivity index (χ1) is 11.3. The number of ether oxygens (including phenoxy) is 1. The molecule has 4 rings (SSSR count). The smallest absolute Gasteiger partial charge is 0.173 e. The number of hydrogen-bond acceptors (Lipinski definition) is 5. The lowest BCUT2D eigenvalue weighted by atomic mass is 9.84. The third kappa shape index (κ3) is 2.82. The van der Waals surface area contributed by atoms with E-state index in [1.165, 1.54) is 0 Å². The van der Waals surface area contributed by atoms with Gasteiger partial charge in [-0.1, -0.05) is 35.5 Å². The molecule has 0 saturated carbocycles. The van der Waals surface area contributed by atoms with Crippen LogP contribution in [-0.4, -0.2) is 48.7 Å². The van der Waals surface area contributed by atoms with Crippen LogP contribution in [0.2, 0.25) is 0 Å². The molecule has 1 unspecified atom stereocenters. The van der Waals surface area contributed by atoms with Gasteiger partial charge in [-0.25, -0.2) is 0 Å². The molecule has 2 heterocycles. The van der Waals surface area contributed by atoms with E-state index in [-0.39, 0.29) is 11.7 Å². The van der Waals surface area contributed by atoms with Gasteiger partial charge in [0, 0.05) is 37.5 Å². The Bertz CT molecular complexity index is 690. The fourth-order valence-electron chi connectivity index (χ4n) is 3.45. The standard InChI is InChI=1S/C18H20N2O3/c21-18-14(12-20-8-10-22-11-9-20)6-7-15-16(18)17(19-23-15)13-4-2-1-3-5-13/h1-5,14H,6-12H2. The van der Waals surface area contributed by atoms with Crippen molar-refractivity contribution >= 4 is 5.78 Å². The van der Waals surface area contributed by atoms with E-state index in [1.807, 2.05) is 30.3 Å². The van der Waals surface area contributed by atoms with E-state index in [0.29, 0.717) is 11.3 Å². The Morgan fingerprint density at radius 1 is 1.17 bits per heavy atom. The zero-order valence-corrected chi connectivity index (χ0v) is 13.0. The van der Waals surface area contributed by atoms with Crippen LogP contribution >= 0.6 is 0 Å². The van der Waals surface area contributed by atoms with Crippen LogP contribution in [0.4, 0.5) is 0 Å². The minimum absolute atomic E-state index is 0.0301. The van der Waals surface area contributed by atoms with E-state index in [1.54, 1.807) is 0 Å². The molecular weight excluding hydrogens is 292 g/mol. The number of hydrogen-bond donors (Lipinski definition) is 0. The molecule has 23 heavy (non-hydrogen) atoms. The summed E-state index contributed by atoms with van der Waals surface area (Å²) < 4.78 is 10.8. The molecular formula is C18H20N2O3. The molecule has 1 aromatic carbocycles. The van der Waals surface area contributed by atoms with Gasteiger partial charge >= 0.3 is 0 Å². The Hall–Kier alpha value is -1.98. The van der Waals surface area contributed by atoms with Gasteiger partial charge in [0.2, 0.25) is 0 Å². The molecule has 120 valence electrons. The van der Waals surface area contributed by atoms with Crippen LogP contribution in [0.15, 0.2) is 34.9 Å². The third-order valence-electron chi connectivity index (χ3n) is 4.73. The second kappa shape index (κ2) is 6.26. The Balaban J connectivity index is 1.59. The highest BCUT2D eigenvalue weighted by Gasteiger charge is 2.35. The highest BCUT2D eigenvalue weighted by Crippen LogP contribution is 2.33. The Kier molecular flexibility index (Phi) is 3.97. The lowest BCUT2D eigenvalue weighted by Gasteiger charge is -2.31. The number of benzene rings is 1. The van der Waals surface area contributed by atoms with Gasteiger partial charge in [0.1, 0.15) is 11.5 Å². The Morgan fingerprint density at radius 2 is 1.96 bits per heavy atom. The highest BCUT2D eigenvalue weighted by atomic mass is 16.5. The fraction of sp³-hybridized carbons (Fsp3) is 0.444. The molecule has 0 radical (unpaired) electrons. The van der Waals surface area contributed by atoms with Crippen LogP contribution in [-0.2, 0) is 11.2 Å². The molecule has 1 aromatic heterocycles. The summed E-state index contributed by atoms with van der Waals surface area (Å²) in [6.07, 6.45) is 1.63. The minimum atomic E-state index is 0.0301. The number of Topliss-reactive ketones (excluding diaryl/α,β-unsaturated/α-hetero) is 1. The molecule has 1 saturated heterocycles. The van der Waals surface area contributed by atoms with Crippen molar-refractivity contribution in [3.8, 4) is 11.3 Å². The molecule has 2 aliphatic rings. The van der Waals surface area contributed by atoms with E-state index in [9.17, 15) is 4.79 Å². The van der Waals surface area contributed by atoms with Crippen LogP contribution < -0.4 is 0 Å². The van der Waals surface area contributed by atoms with Crippen molar-refractivity contribution in [3.63, 3.8) is 0 Å². The number of fused-ring (bicyclic) bond motifs is 1. The van der Waals surface area contributed by atoms with Crippen molar-refractivity contribution in [2.45, 2.75) is 12.8 Å². The monoisotopic (exact) mass is 312 g/mol. The van der Waals surface area contributed by atoms with Gasteiger partial charge in [0.15, 0.2) is 5.78 Å². The van der Waals surface area contributed by atoms with Gasteiger partial charge in [0.05, 0.1) is 18.8 Å². The molecule has 5 heteroatoms. The Morgan fingerprint density at radius 3 is 2.74 bits per heavy atom. The van der Waals surface area contributed by atoms with E-state index >= 15 is 0 Å². The molecule has 1 fully saturated rings. The van der Waals surface area contributed by atoms with Gasteiger partial charge < -0.3 is 9.26 Å². The summed E-state index contributed by atoms with van der Waals surface area (Å²) in [6.45, 7) is 4.14. The summed E-state index contributed by atoms with van der Waals surface area (Å²) >= 11 is 0. The molecule has 0 bridgehead atoms. The molecule has 0 spiro atoms. The number of aryl methyl sites for hydroxylation is 1. The first kappa shape index (κ1) is 14.6. The summed E-state index contributed by atoms with van der Waals surface area (Å²) in [7, 11) is 0. The fourth-order valence-corrected chi connectivity index (χ4v) is 3.45. The van der Waals surface area contributed by atoms with Gasteiger partial charge in [0.25, 0.3) is 0 Å². The average Bonchev–Trinajstić information content (AvgIpc) is 3.04. The number of ketones is 1. The lowest BCUT2D eigenvalue weighted by molar-refractivity contribution is 0.0290. The number of morpholine rings is 1. The molecule has 2 aromatic rings. The van der Waals surface area contributed by atoms with Crippen LogP contribution in [0.5, 0.6) is 0 Å².